The Balaban J connectivity index is 2.57. The fraction of sp³-hybridized carbons (Fsp3) is 0.333. The molecule has 0 aliphatic carbocycles. The van der Waals surface area contributed by atoms with Crippen LogP contribution in [0.5, 0.6) is 11.5 Å². The van der Waals surface area contributed by atoms with E-state index in [1.807, 2.05) is 0 Å². The van der Waals surface area contributed by atoms with Crippen molar-refractivity contribution in [2.45, 2.75) is 4.90 Å². The Hall–Kier alpha value is -2.79. The molecule has 0 saturated heterocycles. The number of anilines is 1. The van der Waals surface area contributed by atoms with Crippen molar-refractivity contribution in [1.29, 1.82) is 0 Å². The lowest BCUT2D eigenvalue weighted by atomic mass is 10.2. The van der Waals surface area contributed by atoms with E-state index in [4.69, 9.17) is 9.47 Å². The van der Waals surface area contributed by atoms with Crippen molar-refractivity contribution >= 4 is 27.6 Å². The van der Waals surface area contributed by atoms with Crippen molar-refractivity contribution in [1.82, 2.24) is 4.72 Å². The van der Waals surface area contributed by atoms with Crippen molar-refractivity contribution < 1.29 is 37.0 Å². The number of carbonyl (C=O) groups is 2. The maximum atomic E-state index is 12.3. The summed E-state index contributed by atoms with van der Waals surface area (Å²) in [5.41, 5.74) is -0.326. The lowest BCUT2D eigenvalue weighted by molar-refractivity contribution is -0.138. The van der Waals surface area contributed by atoms with Gasteiger partial charge in [0.2, 0.25) is 10.0 Å². The average molecular weight is 386 g/mol. The molecule has 1 aliphatic heterocycles. The van der Waals surface area contributed by atoms with Gasteiger partial charge >= 0.3 is 11.9 Å². The zero-order chi connectivity index (χ0) is 19.3. The van der Waals surface area contributed by atoms with E-state index in [2.05, 4.69) is 19.5 Å². The van der Waals surface area contributed by atoms with Crippen molar-refractivity contribution in [3.8, 4) is 11.5 Å². The van der Waals surface area contributed by atoms with Crippen LogP contribution in [0.4, 0.5) is 5.69 Å². The molecule has 10 nitrogen and oxygen atoms in total. The van der Waals surface area contributed by atoms with Crippen LogP contribution in [0, 0.1) is 0 Å². The molecule has 0 amide bonds. The third-order valence-electron chi connectivity index (χ3n) is 3.34. The van der Waals surface area contributed by atoms with Crippen LogP contribution in [0.2, 0.25) is 0 Å². The first-order valence-corrected chi connectivity index (χ1v) is 8.83. The highest BCUT2D eigenvalue weighted by Crippen LogP contribution is 2.38. The number of ether oxygens (including phenoxy) is 4. The first-order valence-electron chi connectivity index (χ1n) is 7.34. The van der Waals surface area contributed by atoms with Crippen molar-refractivity contribution in [3.63, 3.8) is 0 Å². The number of esters is 2. The molecule has 0 atom stereocenters. The van der Waals surface area contributed by atoms with E-state index in [9.17, 15) is 18.0 Å². The van der Waals surface area contributed by atoms with Crippen molar-refractivity contribution in [2.75, 3.05) is 39.8 Å². The Bertz CT molecular complexity index is 847. The summed E-state index contributed by atoms with van der Waals surface area (Å²) in [6.45, 7) is 0.556. The van der Waals surface area contributed by atoms with Gasteiger partial charge in [-0.25, -0.2) is 22.7 Å². The standard InChI is InChI=1S/C15H18N2O8S/c1-16-26(20,21)13-8-12-11(24-4-5-25-12)6-9(13)17-10(15(19)23-3)7-14(18)22-2/h6-8,16-17H,4-5H2,1-3H3/b10-7+. The number of sulfonamides is 1. The summed E-state index contributed by atoms with van der Waals surface area (Å²) in [7, 11) is -0.432. The van der Waals surface area contributed by atoms with Gasteiger partial charge in [0, 0.05) is 12.1 Å². The second-order valence-electron chi connectivity index (χ2n) is 4.90. The molecular formula is C15H18N2O8S. The van der Waals surface area contributed by atoms with E-state index in [-0.39, 0.29) is 41.0 Å². The molecule has 0 radical (unpaired) electrons. The van der Waals surface area contributed by atoms with Crippen LogP contribution in [0.3, 0.4) is 0 Å². The predicted octanol–water partition coefficient (Wildman–Crippen LogP) is 0.00770. The van der Waals surface area contributed by atoms with Crippen LogP contribution >= 0.6 is 0 Å². The Kier molecular flexibility index (Phi) is 6.05. The first-order chi connectivity index (χ1) is 12.3. The molecule has 142 valence electrons. The van der Waals surface area contributed by atoms with E-state index in [0.29, 0.717) is 0 Å². The molecule has 0 unspecified atom stereocenters. The van der Waals surface area contributed by atoms with Gasteiger partial charge in [0.1, 0.15) is 23.8 Å². The van der Waals surface area contributed by atoms with Gasteiger partial charge < -0.3 is 24.3 Å². The van der Waals surface area contributed by atoms with E-state index < -0.39 is 22.0 Å². The number of nitrogens with one attached hydrogen (secondary N) is 2. The highest BCUT2D eigenvalue weighted by molar-refractivity contribution is 7.89. The topological polar surface area (TPSA) is 129 Å². The number of methoxy groups -OCH3 is 2. The monoisotopic (exact) mass is 386 g/mol. The third-order valence-corrected chi connectivity index (χ3v) is 4.79. The van der Waals surface area contributed by atoms with Gasteiger partial charge in [-0.1, -0.05) is 0 Å². The molecule has 1 aliphatic rings. The van der Waals surface area contributed by atoms with E-state index in [1.165, 1.54) is 19.2 Å². The molecule has 1 aromatic rings. The number of hydrogen-bond donors (Lipinski definition) is 2. The predicted molar refractivity (Wildman–Crippen MR) is 89.4 cm³/mol. The Labute approximate surface area is 150 Å². The Morgan fingerprint density at radius 3 is 2.27 bits per heavy atom. The number of fused-ring (bicyclic) bond motifs is 1. The minimum absolute atomic E-state index is 0.0100. The normalized spacial score (nSPS) is 13.7. The molecule has 2 N–H and O–H groups in total. The molecule has 2 rings (SSSR count). The number of benzene rings is 1. The van der Waals surface area contributed by atoms with Gasteiger partial charge in [-0.15, -0.1) is 0 Å². The second kappa shape index (κ2) is 8.06. The van der Waals surface area contributed by atoms with Gasteiger partial charge in [-0.2, -0.15) is 0 Å². The molecule has 0 fully saturated rings. The Morgan fingerprint density at radius 1 is 1.12 bits per heavy atom. The number of carbonyl (C=O) groups excluding carboxylic acids is 2. The zero-order valence-electron chi connectivity index (χ0n) is 14.3. The molecule has 0 spiro atoms. The molecule has 0 aromatic heterocycles. The van der Waals surface area contributed by atoms with Crippen LogP contribution in [0.15, 0.2) is 28.8 Å². The number of rotatable bonds is 6. The molecule has 0 bridgehead atoms. The molecule has 1 heterocycles. The van der Waals surface area contributed by atoms with Crippen molar-refractivity contribution in [3.05, 3.63) is 23.9 Å². The van der Waals surface area contributed by atoms with Gasteiger partial charge in [0.05, 0.1) is 26.0 Å². The summed E-state index contributed by atoms with van der Waals surface area (Å²) in [5, 5.41) is 2.59. The largest absolute Gasteiger partial charge is 0.486 e. The molecular weight excluding hydrogens is 368 g/mol. The maximum absolute atomic E-state index is 12.3. The fourth-order valence-electron chi connectivity index (χ4n) is 2.08. The zero-order valence-corrected chi connectivity index (χ0v) is 15.1. The minimum Gasteiger partial charge on any atom is -0.486 e. The maximum Gasteiger partial charge on any atom is 0.354 e. The lowest BCUT2D eigenvalue weighted by Gasteiger charge is -2.21. The van der Waals surface area contributed by atoms with Crippen LogP contribution in [-0.2, 0) is 29.1 Å². The summed E-state index contributed by atoms with van der Waals surface area (Å²) in [4.78, 5) is 23.2. The van der Waals surface area contributed by atoms with Crippen LogP contribution < -0.4 is 19.5 Å². The quantitative estimate of drug-likeness (QED) is 0.513. The van der Waals surface area contributed by atoms with E-state index in [1.54, 1.807) is 0 Å². The summed E-state index contributed by atoms with van der Waals surface area (Å²) in [5.74, 6) is -1.19. The van der Waals surface area contributed by atoms with E-state index in [0.717, 1.165) is 20.3 Å². The lowest BCUT2D eigenvalue weighted by Crippen LogP contribution is -2.23. The molecule has 0 saturated carbocycles. The average Bonchev–Trinajstić information content (AvgIpc) is 2.65. The SMILES string of the molecule is CNS(=O)(=O)c1cc2c(cc1N/C(=C/C(=O)OC)C(=O)OC)OCCO2. The second-order valence-corrected chi connectivity index (χ2v) is 6.75. The van der Waals surface area contributed by atoms with Gasteiger partial charge in [-0.05, 0) is 7.05 Å². The smallest absolute Gasteiger partial charge is 0.354 e. The van der Waals surface area contributed by atoms with Crippen LogP contribution in [0.1, 0.15) is 0 Å². The highest BCUT2D eigenvalue weighted by Gasteiger charge is 2.25. The summed E-state index contributed by atoms with van der Waals surface area (Å²) < 4.78 is 46.7. The molecule has 1 aromatic carbocycles. The van der Waals surface area contributed by atoms with Crippen LogP contribution in [0.25, 0.3) is 0 Å². The Morgan fingerprint density at radius 2 is 1.73 bits per heavy atom. The van der Waals surface area contributed by atoms with Gasteiger partial charge in [0.25, 0.3) is 0 Å². The minimum atomic E-state index is -3.92. The number of hydrogen-bond acceptors (Lipinski definition) is 9. The fourth-order valence-corrected chi connectivity index (χ4v) is 2.96. The molecule has 26 heavy (non-hydrogen) atoms. The third kappa shape index (κ3) is 4.24. The molecule has 11 heteroatoms. The van der Waals surface area contributed by atoms with E-state index >= 15 is 0 Å². The summed E-state index contributed by atoms with van der Waals surface area (Å²) in [6, 6.07) is 2.61. The summed E-state index contributed by atoms with van der Waals surface area (Å²) in [6.07, 6.45) is 0.846. The van der Waals surface area contributed by atoms with Gasteiger partial charge in [0.15, 0.2) is 11.5 Å². The van der Waals surface area contributed by atoms with Crippen LogP contribution in [-0.4, -0.2) is 54.8 Å². The van der Waals surface area contributed by atoms with Crippen molar-refractivity contribution in [2.24, 2.45) is 0 Å². The highest BCUT2D eigenvalue weighted by atomic mass is 32.2. The van der Waals surface area contributed by atoms with Gasteiger partial charge in [-0.3, -0.25) is 0 Å². The first kappa shape index (κ1) is 19.5. The summed E-state index contributed by atoms with van der Waals surface area (Å²) >= 11 is 0.